The van der Waals surface area contributed by atoms with Gasteiger partial charge in [-0.1, -0.05) is 30.3 Å². The van der Waals surface area contributed by atoms with E-state index in [-0.39, 0.29) is 17.4 Å². The van der Waals surface area contributed by atoms with Crippen molar-refractivity contribution in [2.75, 3.05) is 5.32 Å². The van der Waals surface area contributed by atoms with Crippen molar-refractivity contribution in [3.05, 3.63) is 66.1 Å². The quantitative estimate of drug-likeness (QED) is 0.732. The molecule has 0 spiro atoms. The first-order valence-electron chi connectivity index (χ1n) is 7.65. The Morgan fingerprint density at radius 3 is 2.46 bits per heavy atom. The third-order valence-electron chi connectivity index (χ3n) is 4.05. The van der Waals surface area contributed by atoms with Gasteiger partial charge in [0.25, 0.3) is 0 Å². The lowest BCUT2D eigenvalue weighted by Crippen LogP contribution is -2.23. The van der Waals surface area contributed by atoms with E-state index in [0.29, 0.717) is 5.56 Å². The lowest BCUT2D eigenvalue weighted by molar-refractivity contribution is -0.118. The Morgan fingerprint density at radius 2 is 1.75 bits per heavy atom. The molecule has 0 aliphatic carbocycles. The van der Waals surface area contributed by atoms with Crippen molar-refractivity contribution in [3.8, 4) is 0 Å². The molecule has 122 valence electrons. The molecule has 0 aliphatic rings. The number of hydrogen-bond donors (Lipinski definition) is 1. The van der Waals surface area contributed by atoms with E-state index in [2.05, 4.69) is 5.32 Å². The summed E-state index contributed by atoms with van der Waals surface area (Å²) in [6, 6.07) is 12.8. The fraction of sp³-hybridized carbons (Fsp3) is 0.158. The molecule has 24 heavy (non-hydrogen) atoms. The van der Waals surface area contributed by atoms with Gasteiger partial charge in [0.2, 0.25) is 5.91 Å². The first-order chi connectivity index (χ1) is 11.5. The van der Waals surface area contributed by atoms with Gasteiger partial charge >= 0.3 is 0 Å². The number of carbonyl (C=O) groups is 2. The lowest BCUT2D eigenvalue weighted by atomic mass is 10.1. The van der Waals surface area contributed by atoms with Gasteiger partial charge in [0.05, 0.1) is 5.69 Å². The average molecular weight is 324 g/mol. The Labute approximate surface area is 138 Å². The van der Waals surface area contributed by atoms with Crippen LogP contribution >= 0.6 is 0 Å². The van der Waals surface area contributed by atoms with Crippen molar-refractivity contribution >= 4 is 28.3 Å². The molecule has 0 saturated heterocycles. The first kappa shape index (κ1) is 15.9. The normalized spacial score (nSPS) is 12.1. The average Bonchev–Trinajstić information content (AvgIpc) is 2.96. The topological polar surface area (TPSA) is 51.1 Å². The van der Waals surface area contributed by atoms with Crippen molar-refractivity contribution in [2.24, 2.45) is 0 Å². The predicted molar refractivity (Wildman–Crippen MR) is 91.7 cm³/mol. The van der Waals surface area contributed by atoms with Crippen molar-refractivity contribution in [1.29, 1.82) is 0 Å². The summed E-state index contributed by atoms with van der Waals surface area (Å²) >= 11 is 0. The maximum Gasteiger partial charge on any atom is 0.247 e. The van der Waals surface area contributed by atoms with E-state index >= 15 is 0 Å². The lowest BCUT2D eigenvalue weighted by Gasteiger charge is -2.15. The number of nitrogens with one attached hydrogen (secondary N) is 1. The maximum absolute atomic E-state index is 13.7. The SMILES string of the molecule is CC(=O)c1cn([C@H](C)C(=O)Nc2ccccc2F)c2ccccc12. The number of halogens is 1. The van der Waals surface area contributed by atoms with Crippen LogP contribution in [0.5, 0.6) is 0 Å². The highest BCUT2D eigenvalue weighted by Gasteiger charge is 2.20. The highest BCUT2D eigenvalue weighted by Crippen LogP contribution is 2.26. The molecule has 0 fully saturated rings. The van der Waals surface area contributed by atoms with Crippen LogP contribution in [0.2, 0.25) is 0 Å². The van der Waals surface area contributed by atoms with Crippen LogP contribution < -0.4 is 5.32 Å². The molecule has 2 aromatic carbocycles. The van der Waals surface area contributed by atoms with E-state index in [1.54, 1.807) is 29.8 Å². The molecule has 3 rings (SSSR count). The Morgan fingerprint density at radius 1 is 1.08 bits per heavy atom. The third-order valence-corrected chi connectivity index (χ3v) is 4.05. The molecule has 1 atom stereocenters. The summed E-state index contributed by atoms with van der Waals surface area (Å²) in [6.07, 6.45) is 1.68. The number of benzene rings is 2. The van der Waals surface area contributed by atoms with Gasteiger partial charge in [-0.05, 0) is 32.0 Å². The summed E-state index contributed by atoms with van der Waals surface area (Å²) in [5, 5.41) is 3.39. The summed E-state index contributed by atoms with van der Waals surface area (Å²) in [6.45, 7) is 3.21. The van der Waals surface area contributed by atoms with Crippen LogP contribution in [0, 0.1) is 5.82 Å². The van der Waals surface area contributed by atoms with Crippen LogP contribution in [0.4, 0.5) is 10.1 Å². The largest absolute Gasteiger partial charge is 0.335 e. The van der Waals surface area contributed by atoms with E-state index in [4.69, 9.17) is 0 Å². The van der Waals surface area contributed by atoms with Crippen LogP contribution in [-0.4, -0.2) is 16.3 Å². The molecular weight excluding hydrogens is 307 g/mol. The second kappa shape index (κ2) is 6.28. The zero-order valence-electron chi connectivity index (χ0n) is 13.4. The van der Waals surface area contributed by atoms with Gasteiger partial charge in [0.1, 0.15) is 11.9 Å². The first-order valence-corrected chi connectivity index (χ1v) is 7.65. The van der Waals surface area contributed by atoms with Gasteiger partial charge in [-0.25, -0.2) is 4.39 Å². The van der Waals surface area contributed by atoms with Crippen molar-refractivity contribution in [1.82, 2.24) is 4.57 Å². The molecule has 0 radical (unpaired) electrons. The molecule has 5 heteroatoms. The maximum atomic E-state index is 13.7. The minimum Gasteiger partial charge on any atom is -0.335 e. The molecule has 0 saturated carbocycles. The number of aromatic nitrogens is 1. The molecule has 1 N–H and O–H groups in total. The number of rotatable bonds is 4. The molecule has 0 aliphatic heterocycles. The molecule has 0 bridgehead atoms. The van der Waals surface area contributed by atoms with E-state index in [9.17, 15) is 14.0 Å². The number of nitrogens with zero attached hydrogens (tertiary/aromatic N) is 1. The molecule has 3 aromatic rings. The Bertz CT molecular complexity index is 930. The van der Waals surface area contributed by atoms with Crippen LogP contribution in [-0.2, 0) is 4.79 Å². The minimum absolute atomic E-state index is 0.0633. The number of carbonyl (C=O) groups excluding carboxylic acids is 2. The van der Waals surface area contributed by atoms with Gasteiger partial charge in [-0.3, -0.25) is 9.59 Å². The Balaban J connectivity index is 1.97. The summed E-state index contributed by atoms with van der Waals surface area (Å²) < 4.78 is 15.5. The standard InChI is InChI=1S/C19H17FN2O2/c1-12(19(24)21-17-9-5-4-8-16(17)20)22-11-15(13(2)23)14-7-3-6-10-18(14)22/h3-12H,1-2H3,(H,21,24)/t12-/m1/s1. The fourth-order valence-corrected chi connectivity index (χ4v) is 2.73. The second-order valence-corrected chi connectivity index (χ2v) is 5.67. The number of para-hydroxylation sites is 2. The number of Topliss-reactive ketones (excluding diaryl/α,β-unsaturated/α-hetero) is 1. The van der Waals surface area contributed by atoms with Crippen molar-refractivity contribution in [2.45, 2.75) is 19.9 Å². The van der Waals surface area contributed by atoms with Crippen LogP contribution in [0.25, 0.3) is 10.9 Å². The number of hydrogen-bond acceptors (Lipinski definition) is 2. The highest BCUT2D eigenvalue weighted by atomic mass is 19.1. The van der Waals surface area contributed by atoms with Crippen LogP contribution in [0.1, 0.15) is 30.2 Å². The zero-order valence-corrected chi connectivity index (χ0v) is 13.4. The summed E-state index contributed by atoms with van der Waals surface area (Å²) in [4.78, 5) is 24.3. The summed E-state index contributed by atoms with van der Waals surface area (Å²) in [7, 11) is 0. The van der Waals surface area contributed by atoms with Crippen molar-refractivity contribution in [3.63, 3.8) is 0 Å². The Kier molecular flexibility index (Phi) is 4.16. The number of fused-ring (bicyclic) bond motifs is 1. The predicted octanol–water partition coefficient (Wildman–Crippen LogP) is 4.18. The molecular formula is C19H17FN2O2. The molecule has 0 unspecified atom stereocenters. The monoisotopic (exact) mass is 324 g/mol. The van der Waals surface area contributed by atoms with Crippen molar-refractivity contribution < 1.29 is 14.0 Å². The minimum atomic E-state index is -0.595. The number of anilines is 1. The van der Waals surface area contributed by atoms with Gasteiger partial charge < -0.3 is 9.88 Å². The second-order valence-electron chi connectivity index (χ2n) is 5.67. The van der Waals surface area contributed by atoms with Crippen LogP contribution in [0.3, 0.4) is 0 Å². The summed E-state index contributed by atoms with van der Waals surface area (Å²) in [5.74, 6) is -0.901. The van der Waals surface area contributed by atoms with Gasteiger partial charge in [0, 0.05) is 22.7 Å². The van der Waals surface area contributed by atoms with Crippen LogP contribution in [0.15, 0.2) is 54.7 Å². The van der Waals surface area contributed by atoms with E-state index < -0.39 is 11.9 Å². The van der Waals surface area contributed by atoms with Gasteiger partial charge in [0.15, 0.2) is 5.78 Å². The third kappa shape index (κ3) is 2.80. The molecule has 4 nitrogen and oxygen atoms in total. The molecule has 1 aromatic heterocycles. The van der Waals surface area contributed by atoms with Gasteiger partial charge in [-0.15, -0.1) is 0 Å². The molecule has 1 heterocycles. The fourth-order valence-electron chi connectivity index (χ4n) is 2.73. The molecule has 1 amide bonds. The van der Waals surface area contributed by atoms with E-state index in [1.807, 2.05) is 24.3 Å². The van der Waals surface area contributed by atoms with Gasteiger partial charge in [-0.2, -0.15) is 0 Å². The number of amides is 1. The Hall–Kier alpha value is -2.95. The van der Waals surface area contributed by atoms with E-state index in [1.165, 1.54) is 19.1 Å². The zero-order chi connectivity index (χ0) is 17.3. The smallest absolute Gasteiger partial charge is 0.247 e. The number of ketones is 1. The van der Waals surface area contributed by atoms with E-state index in [0.717, 1.165) is 10.9 Å². The summed E-state index contributed by atoms with van der Waals surface area (Å²) in [5.41, 5.74) is 1.49. The highest BCUT2D eigenvalue weighted by molar-refractivity contribution is 6.07.